The summed E-state index contributed by atoms with van der Waals surface area (Å²) in [6.45, 7) is 3.40. The lowest BCUT2D eigenvalue weighted by Crippen LogP contribution is -3.00. The third kappa shape index (κ3) is 2.22. The smallest absolute Gasteiger partial charge is 0.224 e. The first-order valence-corrected chi connectivity index (χ1v) is 5.23. The van der Waals surface area contributed by atoms with Crippen LogP contribution in [0.25, 0.3) is 0 Å². The number of halogens is 1. The van der Waals surface area contributed by atoms with E-state index in [0.29, 0.717) is 0 Å². The number of rotatable bonds is 0. The van der Waals surface area contributed by atoms with Crippen LogP contribution in [0, 0.1) is 0 Å². The van der Waals surface area contributed by atoms with Crippen LogP contribution in [0.3, 0.4) is 0 Å². The SMILES string of the molecule is CC(=O)N1CC[N+](C)(C)c2ccccc21.[I-]. The van der Waals surface area contributed by atoms with Gasteiger partial charge in [-0.1, -0.05) is 12.1 Å². The third-order valence-corrected chi connectivity index (χ3v) is 3.09. The quantitative estimate of drug-likeness (QED) is 0.424. The Labute approximate surface area is 114 Å². The van der Waals surface area contributed by atoms with Gasteiger partial charge in [0.1, 0.15) is 12.2 Å². The molecule has 4 heteroatoms. The summed E-state index contributed by atoms with van der Waals surface area (Å²) in [6.07, 6.45) is 0. The van der Waals surface area contributed by atoms with Crippen LogP contribution in [0.2, 0.25) is 0 Å². The van der Waals surface area contributed by atoms with Crippen molar-refractivity contribution >= 4 is 17.3 Å². The third-order valence-electron chi connectivity index (χ3n) is 3.09. The Bertz CT molecular complexity index is 404. The molecule has 0 spiro atoms. The zero-order valence-electron chi connectivity index (χ0n) is 9.90. The predicted molar refractivity (Wildman–Crippen MR) is 63.0 cm³/mol. The monoisotopic (exact) mass is 332 g/mol. The number of anilines is 1. The first kappa shape index (κ1) is 13.4. The minimum Gasteiger partial charge on any atom is -1.00 e. The molecule has 0 N–H and O–H groups in total. The highest BCUT2D eigenvalue weighted by molar-refractivity contribution is 5.95. The summed E-state index contributed by atoms with van der Waals surface area (Å²) in [5.41, 5.74) is 2.28. The van der Waals surface area contributed by atoms with Crippen molar-refractivity contribution in [1.29, 1.82) is 0 Å². The first-order chi connectivity index (χ1) is 7.02. The van der Waals surface area contributed by atoms with Crippen LogP contribution in [0.15, 0.2) is 24.3 Å². The molecule has 1 aromatic carbocycles. The Kier molecular flexibility index (Phi) is 3.96. The van der Waals surface area contributed by atoms with E-state index >= 15 is 0 Å². The normalized spacial score (nSPS) is 17.3. The molecule has 2 rings (SSSR count). The minimum absolute atomic E-state index is 0. The number of benzene rings is 1. The van der Waals surface area contributed by atoms with E-state index in [0.717, 1.165) is 23.3 Å². The Morgan fingerprint density at radius 3 is 2.56 bits per heavy atom. The molecule has 0 saturated carbocycles. The zero-order chi connectivity index (χ0) is 11.1. The van der Waals surface area contributed by atoms with Crippen molar-refractivity contribution in [1.82, 2.24) is 4.48 Å². The summed E-state index contributed by atoms with van der Waals surface area (Å²) in [5.74, 6) is 0.127. The van der Waals surface area contributed by atoms with Gasteiger partial charge in [0.25, 0.3) is 0 Å². The van der Waals surface area contributed by atoms with Crippen LogP contribution in [0.4, 0.5) is 11.4 Å². The number of fused-ring (bicyclic) bond motifs is 1. The second kappa shape index (κ2) is 4.71. The molecule has 0 aliphatic carbocycles. The molecule has 1 aromatic rings. The summed E-state index contributed by atoms with van der Waals surface area (Å²) in [6, 6.07) is 8.14. The standard InChI is InChI=1S/C12H17N2O.HI/c1-10(15)13-8-9-14(2,3)12-7-5-4-6-11(12)13;/h4-7H,8-9H2,1-3H3;1H/q+1;/p-1. The largest absolute Gasteiger partial charge is 1.00 e. The van der Waals surface area contributed by atoms with Crippen LogP contribution in [0.1, 0.15) is 6.92 Å². The molecule has 1 heterocycles. The highest BCUT2D eigenvalue weighted by Crippen LogP contribution is 2.35. The maximum absolute atomic E-state index is 11.5. The van der Waals surface area contributed by atoms with Crippen molar-refractivity contribution < 1.29 is 28.8 Å². The lowest BCUT2D eigenvalue weighted by atomic mass is 10.1. The Hall–Kier alpha value is -0.620. The molecule has 0 radical (unpaired) electrons. The van der Waals surface area contributed by atoms with E-state index in [1.807, 2.05) is 23.1 Å². The van der Waals surface area contributed by atoms with Gasteiger partial charge in [0.05, 0.1) is 20.6 Å². The number of nitrogens with zero attached hydrogens (tertiary/aromatic N) is 2. The number of likely N-dealkylation sites (N-methyl/N-ethyl adjacent to an activating group) is 1. The number of quaternary nitrogens is 1. The van der Waals surface area contributed by atoms with E-state index in [4.69, 9.17) is 0 Å². The Morgan fingerprint density at radius 2 is 1.94 bits per heavy atom. The van der Waals surface area contributed by atoms with Gasteiger partial charge >= 0.3 is 0 Å². The molecule has 0 unspecified atom stereocenters. The lowest BCUT2D eigenvalue weighted by Gasteiger charge is -2.39. The Balaban J connectivity index is 0.00000128. The number of carbonyl (C=O) groups is 1. The Morgan fingerprint density at radius 1 is 1.31 bits per heavy atom. The molecular weight excluding hydrogens is 315 g/mol. The number of hydrogen-bond acceptors (Lipinski definition) is 1. The van der Waals surface area contributed by atoms with Crippen LogP contribution in [-0.4, -0.2) is 33.1 Å². The number of hydrogen-bond donors (Lipinski definition) is 0. The average Bonchev–Trinajstić information content (AvgIpc) is 2.17. The van der Waals surface area contributed by atoms with Gasteiger partial charge in [-0.15, -0.1) is 0 Å². The van der Waals surface area contributed by atoms with Gasteiger partial charge in [0.2, 0.25) is 5.91 Å². The summed E-state index contributed by atoms with van der Waals surface area (Å²) in [4.78, 5) is 13.4. The maximum Gasteiger partial charge on any atom is 0.224 e. The number of amides is 1. The molecular formula is C12H17IN2O. The van der Waals surface area contributed by atoms with Crippen molar-refractivity contribution in [2.24, 2.45) is 0 Å². The summed E-state index contributed by atoms with van der Waals surface area (Å²) >= 11 is 0. The number of carbonyl (C=O) groups excluding carboxylic acids is 1. The topological polar surface area (TPSA) is 20.3 Å². The average molecular weight is 332 g/mol. The molecule has 1 amide bonds. The van der Waals surface area contributed by atoms with Crippen molar-refractivity contribution in [3.05, 3.63) is 24.3 Å². The van der Waals surface area contributed by atoms with Crippen molar-refractivity contribution in [3.8, 4) is 0 Å². The molecule has 1 aliphatic rings. The molecule has 16 heavy (non-hydrogen) atoms. The first-order valence-electron chi connectivity index (χ1n) is 5.23. The second-order valence-corrected chi connectivity index (χ2v) is 4.57. The highest BCUT2D eigenvalue weighted by Gasteiger charge is 2.32. The lowest BCUT2D eigenvalue weighted by molar-refractivity contribution is -0.116. The summed E-state index contributed by atoms with van der Waals surface area (Å²) in [5, 5.41) is 0. The van der Waals surface area contributed by atoms with E-state index in [1.54, 1.807) is 6.92 Å². The van der Waals surface area contributed by atoms with E-state index < -0.39 is 0 Å². The van der Waals surface area contributed by atoms with Crippen molar-refractivity contribution in [2.45, 2.75) is 6.92 Å². The molecule has 0 saturated heterocycles. The number of para-hydroxylation sites is 2. The second-order valence-electron chi connectivity index (χ2n) is 4.57. The van der Waals surface area contributed by atoms with E-state index in [2.05, 4.69) is 20.2 Å². The zero-order valence-corrected chi connectivity index (χ0v) is 12.1. The molecule has 1 aliphatic heterocycles. The van der Waals surface area contributed by atoms with Crippen molar-refractivity contribution in [2.75, 3.05) is 32.1 Å². The molecule has 0 bridgehead atoms. The molecule has 0 atom stereocenters. The molecule has 88 valence electrons. The van der Waals surface area contributed by atoms with Gasteiger partial charge < -0.3 is 28.9 Å². The molecule has 0 fully saturated rings. The fourth-order valence-corrected chi connectivity index (χ4v) is 2.12. The van der Waals surface area contributed by atoms with Crippen molar-refractivity contribution in [3.63, 3.8) is 0 Å². The fraction of sp³-hybridized carbons (Fsp3) is 0.417. The van der Waals surface area contributed by atoms with Gasteiger partial charge in [-0.2, -0.15) is 0 Å². The van der Waals surface area contributed by atoms with Gasteiger partial charge in [0.15, 0.2) is 5.69 Å². The maximum atomic E-state index is 11.5. The van der Waals surface area contributed by atoms with Gasteiger partial charge in [-0.05, 0) is 6.07 Å². The van der Waals surface area contributed by atoms with Gasteiger partial charge in [0, 0.05) is 13.0 Å². The van der Waals surface area contributed by atoms with Gasteiger partial charge in [-0.25, -0.2) is 0 Å². The van der Waals surface area contributed by atoms with Crippen LogP contribution in [-0.2, 0) is 4.79 Å². The van der Waals surface area contributed by atoms with Gasteiger partial charge in [-0.3, -0.25) is 9.28 Å². The van der Waals surface area contributed by atoms with E-state index in [9.17, 15) is 4.79 Å². The van der Waals surface area contributed by atoms with E-state index in [1.165, 1.54) is 5.69 Å². The molecule has 0 aromatic heterocycles. The van der Waals surface area contributed by atoms with Crippen LogP contribution >= 0.6 is 0 Å². The highest BCUT2D eigenvalue weighted by atomic mass is 127. The van der Waals surface area contributed by atoms with Crippen LogP contribution < -0.4 is 33.4 Å². The summed E-state index contributed by atoms with van der Waals surface area (Å²) in [7, 11) is 4.35. The minimum atomic E-state index is 0. The fourth-order valence-electron chi connectivity index (χ4n) is 2.12. The summed E-state index contributed by atoms with van der Waals surface area (Å²) < 4.78 is 0.847. The van der Waals surface area contributed by atoms with Crippen LogP contribution in [0.5, 0.6) is 0 Å². The molecule has 3 nitrogen and oxygen atoms in total. The predicted octanol–water partition coefficient (Wildman–Crippen LogP) is -1.38. The van der Waals surface area contributed by atoms with E-state index in [-0.39, 0.29) is 29.9 Å².